The highest BCUT2D eigenvalue weighted by Crippen LogP contribution is 2.16. The first-order valence-corrected chi connectivity index (χ1v) is 5.41. The largest absolute Gasteiger partial charge is 0.409 e. The lowest BCUT2D eigenvalue weighted by molar-refractivity contribution is -0.132. The SMILES string of the molecule is CC(C(N)=NO)N(C)C(=O)CC1CCCO1. The zero-order valence-electron chi connectivity index (χ0n) is 9.72. The Kier molecular flexibility index (Phi) is 4.54. The molecule has 1 rings (SSSR count). The first kappa shape index (κ1) is 12.8. The number of oxime groups is 1. The molecular weight excluding hydrogens is 210 g/mol. The van der Waals surface area contributed by atoms with Crippen molar-refractivity contribution in [1.82, 2.24) is 4.90 Å². The summed E-state index contributed by atoms with van der Waals surface area (Å²) in [6, 6.07) is -0.404. The van der Waals surface area contributed by atoms with Gasteiger partial charge in [0.1, 0.15) is 0 Å². The fourth-order valence-electron chi connectivity index (χ4n) is 1.64. The van der Waals surface area contributed by atoms with Crippen LogP contribution in [-0.4, -0.2) is 47.7 Å². The lowest BCUT2D eigenvalue weighted by Gasteiger charge is -2.24. The predicted octanol–water partition coefficient (Wildman–Crippen LogP) is 0.149. The molecule has 1 aliphatic heterocycles. The van der Waals surface area contributed by atoms with Gasteiger partial charge in [0.15, 0.2) is 5.84 Å². The Morgan fingerprint density at radius 3 is 2.94 bits per heavy atom. The van der Waals surface area contributed by atoms with E-state index >= 15 is 0 Å². The van der Waals surface area contributed by atoms with Crippen LogP contribution in [0.25, 0.3) is 0 Å². The van der Waals surface area contributed by atoms with Gasteiger partial charge in [0.25, 0.3) is 0 Å². The molecule has 2 atom stereocenters. The topological polar surface area (TPSA) is 88.2 Å². The zero-order valence-corrected chi connectivity index (χ0v) is 9.72. The van der Waals surface area contributed by atoms with Crippen LogP contribution < -0.4 is 5.73 Å². The third kappa shape index (κ3) is 3.10. The van der Waals surface area contributed by atoms with E-state index in [9.17, 15) is 4.79 Å². The van der Waals surface area contributed by atoms with Crippen molar-refractivity contribution < 1.29 is 14.7 Å². The number of hydrogen-bond acceptors (Lipinski definition) is 4. The molecule has 16 heavy (non-hydrogen) atoms. The second-order valence-electron chi connectivity index (χ2n) is 4.04. The first-order valence-electron chi connectivity index (χ1n) is 5.41. The summed E-state index contributed by atoms with van der Waals surface area (Å²) in [4.78, 5) is 13.3. The van der Waals surface area contributed by atoms with Crippen molar-refractivity contribution in [3.05, 3.63) is 0 Å². The van der Waals surface area contributed by atoms with Crippen LogP contribution in [0.15, 0.2) is 5.16 Å². The van der Waals surface area contributed by atoms with Crippen LogP contribution in [0.2, 0.25) is 0 Å². The minimum absolute atomic E-state index is 0.0226. The molecule has 6 nitrogen and oxygen atoms in total. The van der Waals surface area contributed by atoms with Gasteiger partial charge in [-0.05, 0) is 19.8 Å². The highest BCUT2D eigenvalue weighted by atomic mass is 16.5. The quantitative estimate of drug-likeness (QED) is 0.311. The maximum Gasteiger partial charge on any atom is 0.225 e. The number of nitrogens with two attached hydrogens (primary N) is 1. The Labute approximate surface area is 95.0 Å². The molecule has 1 amide bonds. The molecule has 3 N–H and O–H groups in total. The van der Waals surface area contributed by atoms with E-state index in [1.54, 1.807) is 14.0 Å². The number of carbonyl (C=O) groups excluding carboxylic acids is 1. The van der Waals surface area contributed by atoms with Gasteiger partial charge in [0, 0.05) is 13.7 Å². The fraction of sp³-hybridized carbons (Fsp3) is 0.800. The van der Waals surface area contributed by atoms with Crippen LogP contribution in [0.1, 0.15) is 26.2 Å². The Bertz CT molecular complexity index is 274. The number of amides is 1. The molecule has 1 aliphatic rings. The summed E-state index contributed by atoms with van der Waals surface area (Å²) in [7, 11) is 1.64. The van der Waals surface area contributed by atoms with Crippen LogP contribution in [0.3, 0.4) is 0 Å². The van der Waals surface area contributed by atoms with E-state index in [-0.39, 0.29) is 17.8 Å². The van der Waals surface area contributed by atoms with Gasteiger partial charge in [0.2, 0.25) is 5.91 Å². The second-order valence-corrected chi connectivity index (χ2v) is 4.04. The predicted molar refractivity (Wildman–Crippen MR) is 59.2 cm³/mol. The highest BCUT2D eigenvalue weighted by molar-refractivity contribution is 5.89. The van der Waals surface area contributed by atoms with Crippen molar-refractivity contribution in [3.8, 4) is 0 Å². The molecule has 1 fully saturated rings. The van der Waals surface area contributed by atoms with E-state index in [4.69, 9.17) is 15.7 Å². The molecule has 0 saturated carbocycles. The van der Waals surface area contributed by atoms with Crippen molar-refractivity contribution in [2.24, 2.45) is 10.9 Å². The van der Waals surface area contributed by atoms with Crippen LogP contribution in [0.4, 0.5) is 0 Å². The summed E-state index contributed by atoms with van der Waals surface area (Å²) >= 11 is 0. The summed E-state index contributed by atoms with van der Waals surface area (Å²) in [5, 5.41) is 11.4. The third-order valence-electron chi connectivity index (χ3n) is 2.94. The van der Waals surface area contributed by atoms with Crippen molar-refractivity contribution in [2.45, 2.75) is 38.3 Å². The Balaban J connectivity index is 2.46. The monoisotopic (exact) mass is 229 g/mol. The van der Waals surface area contributed by atoms with Gasteiger partial charge in [-0.1, -0.05) is 5.16 Å². The van der Waals surface area contributed by atoms with E-state index in [1.807, 2.05) is 0 Å². The molecule has 0 bridgehead atoms. The number of amidine groups is 1. The van der Waals surface area contributed by atoms with Gasteiger partial charge in [-0.2, -0.15) is 0 Å². The van der Waals surface area contributed by atoms with Crippen molar-refractivity contribution in [1.29, 1.82) is 0 Å². The summed E-state index contributed by atoms with van der Waals surface area (Å²) in [6.07, 6.45) is 2.32. The number of hydrogen-bond donors (Lipinski definition) is 2. The summed E-state index contributed by atoms with van der Waals surface area (Å²) in [5.41, 5.74) is 5.44. The first-order chi connectivity index (χ1) is 7.56. The van der Waals surface area contributed by atoms with Crippen LogP contribution in [0, 0.1) is 0 Å². The van der Waals surface area contributed by atoms with Crippen LogP contribution in [-0.2, 0) is 9.53 Å². The van der Waals surface area contributed by atoms with Gasteiger partial charge in [-0.3, -0.25) is 4.79 Å². The smallest absolute Gasteiger partial charge is 0.225 e. The van der Waals surface area contributed by atoms with E-state index in [0.717, 1.165) is 19.4 Å². The second kappa shape index (κ2) is 5.69. The molecule has 0 aromatic rings. The fourth-order valence-corrected chi connectivity index (χ4v) is 1.64. The van der Waals surface area contributed by atoms with Gasteiger partial charge in [-0.15, -0.1) is 0 Å². The highest BCUT2D eigenvalue weighted by Gasteiger charge is 2.24. The number of carbonyl (C=O) groups is 1. The normalized spacial score (nSPS) is 23.1. The molecule has 0 aliphatic carbocycles. The number of likely N-dealkylation sites (N-methyl/N-ethyl adjacent to an activating group) is 1. The number of rotatable bonds is 4. The average Bonchev–Trinajstić information content (AvgIpc) is 2.78. The molecule has 0 aromatic carbocycles. The standard InChI is InChI=1S/C10H19N3O3/c1-7(10(11)12-15)13(2)9(14)6-8-4-3-5-16-8/h7-8,15H,3-6H2,1-2H3,(H2,11,12). The average molecular weight is 229 g/mol. The molecular formula is C10H19N3O3. The third-order valence-corrected chi connectivity index (χ3v) is 2.94. The van der Waals surface area contributed by atoms with Crippen LogP contribution in [0.5, 0.6) is 0 Å². The van der Waals surface area contributed by atoms with Gasteiger partial charge in [0.05, 0.1) is 18.6 Å². The van der Waals surface area contributed by atoms with Crippen molar-refractivity contribution in [3.63, 3.8) is 0 Å². The van der Waals surface area contributed by atoms with Crippen molar-refractivity contribution >= 4 is 11.7 Å². The minimum atomic E-state index is -0.404. The lowest BCUT2D eigenvalue weighted by atomic mass is 10.1. The molecule has 92 valence electrons. The van der Waals surface area contributed by atoms with Gasteiger partial charge < -0.3 is 20.6 Å². The Morgan fingerprint density at radius 2 is 2.44 bits per heavy atom. The zero-order chi connectivity index (χ0) is 12.1. The van der Waals surface area contributed by atoms with Crippen molar-refractivity contribution in [2.75, 3.05) is 13.7 Å². The van der Waals surface area contributed by atoms with E-state index in [0.29, 0.717) is 6.42 Å². The lowest BCUT2D eigenvalue weighted by Crippen LogP contribution is -2.44. The molecule has 0 spiro atoms. The summed E-state index contributed by atoms with van der Waals surface area (Å²) < 4.78 is 5.38. The summed E-state index contributed by atoms with van der Waals surface area (Å²) in [6.45, 7) is 2.44. The van der Waals surface area contributed by atoms with E-state index in [2.05, 4.69) is 5.16 Å². The van der Waals surface area contributed by atoms with E-state index in [1.165, 1.54) is 4.90 Å². The molecule has 0 aromatic heterocycles. The van der Waals surface area contributed by atoms with Gasteiger partial charge in [-0.25, -0.2) is 0 Å². The Hall–Kier alpha value is -1.30. The minimum Gasteiger partial charge on any atom is -0.409 e. The Morgan fingerprint density at radius 1 is 1.75 bits per heavy atom. The van der Waals surface area contributed by atoms with Crippen LogP contribution >= 0.6 is 0 Å². The molecule has 1 saturated heterocycles. The number of ether oxygens (including phenoxy) is 1. The molecule has 6 heteroatoms. The molecule has 1 heterocycles. The molecule has 0 radical (unpaired) electrons. The van der Waals surface area contributed by atoms with Gasteiger partial charge >= 0.3 is 0 Å². The molecule has 2 unspecified atom stereocenters. The maximum atomic E-state index is 11.8. The number of nitrogens with zero attached hydrogens (tertiary/aromatic N) is 2. The maximum absolute atomic E-state index is 11.8. The van der Waals surface area contributed by atoms with E-state index < -0.39 is 6.04 Å². The summed E-state index contributed by atoms with van der Waals surface area (Å²) in [5.74, 6) is -0.0193.